The van der Waals surface area contributed by atoms with E-state index in [0.717, 1.165) is 15.9 Å². The highest BCUT2D eigenvalue weighted by Gasteiger charge is 2.03. The van der Waals surface area contributed by atoms with Crippen molar-refractivity contribution in [2.45, 2.75) is 0 Å². The summed E-state index contributed by atoms with van der Waals surface area (Å²) in [4.78, 5) is 4.18. The van der Waals surface area contributed by atoms with Crippen molar-refractivity contribution in [3.8, 4) is 5.75 Å². The Labute approximate surface area is 125 Å². The number of pyridine rings is 1. The van der Waals surface area contributed by atoms with Gasteiger partial charge in [0.1, 0.15) is 11.6 Å². The molecule has 6 heteroatoms. The van der Waals surface area contributed by atoms with E-state index in [1.165, 1.54) is 0 Å². The second-order valence-electron chi connectivity index (χ2n) is 3.64. The molecule has 0 spiro atoms. The largest absolute Gasteiger partial charge is 0.497 e. The maximum absolute atomic E-state index is 5.22. The molecule has 0 aliphatic heterocycles. The first-order valence-electron chi connectivity index (χ1n) is 5.51. The van der Waals surface area contributed by atoms with E-state index in [2.05, 4.69) is 31.5 Å². The summed E-state index contributed by atoms with van der Waals surface area (Å²) in [5, 5.41) is 6.57. The van der Waals surface area contributed by atoms with Crippen LogP contribution in [-0.4, -0.2) is 17.2 Å². The van der Waals surface area contributed by atoms with Gasteiger partial charge < -0.3 is 15.4 Å². The van der Waals surface area contributed by atoms with Gasteiger partial charge in [-0.3, -0.25) is 0 Å². The highest BCUT2D eigenvalue weighted by atomic mass is 79.9. The van der Waals surface area contributed by atoms with Crippen LogP contribution in [0.3, 0.4) is 0 Å². The number of nitrogens with zero attached hydrogens (tertiary/aromatic N) is 1. The Bertz CT molecular complexity index is 574. The number of hydrogen-bond donors (Lipinski definition) is 2. The van der Waals surface area contributed by atoms with Crippen molar-refractivity contribution in [2.24, 2.45) is 0 Å². The van der Waals surface area contributed by atoms with E-state index < -0.39 is 0 Å². The average Bonchev–Trinajstić information content (AvgIpc) is 2.42. The van der Waals surface area contributed by atoms with Gasteiger partial charge in [0, 0.05) is 11.9 Å². The van der Waals surface area contributed by atoms with Gasteiger partial charge in [-0.05, 0) is 64.5 Å². The molecule has 1 heterocycles. The minimum absolute atomic E-state index is 0.476. The van der Waals surface area contributed by atoms with Crippen molar-refractivity contribution in [1.29, 1.82) is 0 Å². The topological polar surface area (TPSA) is 46.2 Å². The second kappa shape index (κ2) is 6.49. The fraction of sp³-hybridized carbons (Fsp3) is 0.0769. The third kappa shape index (κ3) is 3.90. The lowest BCUT2D eigenvalue weighted by atomic mass is 10.3. The van der Waals surface area contributed by atoms with Gasteiger partial charge in [-0.15, -0.1) is 0 Å². The molecule has 98 valence electrons. The van der Waals surface area contributed by atoms with E-state index in [1.54, 1.807) is 13.3 Å². The van der Waals surface area contributed by atoms with Gasteiger partial charge in [-0.1, -0.05) is 0 Å². The van der Waals surface area contributed by atoms with Gasteiger partial charge in [0.25, 0.3) is 0 Å². The van der Waals surface area contributed by atoms with Crippen LogP contribution >= 0.6 is 28.1 Å². The maximum Gasteiger partial charge on any atom is 0.176 e. The van der Waals surface area contributed by atoms with Crippen molar-refractivity contribution in [1.82, 2.24) is 4.98 Å². The summed E-state index contributed by atoms with van der Waals surface area (Å²) < 4.78 is 5.95. The zero-order valence-corrected chi connectivity index (χ0v) is 12.6. The second-order valence-corrected chi connectivity index (χ2v) is 4.90. The molecule has 4 nitrogen and oxygen atoms in total. The molecule has 0 saturated heterocycles. The Morgan fingerprint density at radius 1 is 1.21 bits per heavy atom. The van der Waals surface area contributed by atoms with Gasteiger partial charge in [0.05, 0.1) is 11.6 Å². The summed E-state index contributed by atoms with van der Waals surface area (Å²) in [5.41, 5.74) is 0.880. The Morgan fingerprint density at radius 2 is 1.95 bits per heavy atom. The molecular weight excluding hydrogens is 326 g/mol. The van der Waals surface area contributed by atoms with Crippen LogP contribution in [-0.2, 0) is 0 Å². The van der Waals surface area contributed by atoms with Crippen LogP contribution < -0.4 is 15.4 Å². The third-order valence-electron chi connectivity index (χ3n) is 2.34. The first-order chi connectivity index (χ1) is 9.19. The maximum atomic E-state index is 5.22. The number of methoxy groups -OCH3 is 1. The van der Waals surface area contributed by atoms with Crippen LogP contribution in [0.2, 0.25) is 0 Å². The molecule has 2 aromatic rings. The van der Waals surface area contributed by atoms with E-state index in [1.807, 2.05) is 36.4 Å². The summed E-state index contributed by atoms with van der Waals surface area (Å²) in [6, 6.07) is 11.2. The normalized spacial score (nSPS) is 9.79. The Hall–Kier alpha value is -1.66. The molecule has 0 amide bonds. The van der Waals surface area contributed by atoms with Crippen molar-refractivity contribution in [2.75, 3.05) is 17.7 Å². The van der Waals surface area contributed by atoms with Gasteiger partial charge in [0.2, 0.25) is 0 Å². The van der Waals surface area contributed by atoms with Gasteiger partial charge >= 0.3 is 0 Å². The fourth-order valence-corrected chi connectivity index (χ4v) is 1.99. The number of hydrogen-bond acceptors (Lipinski definition) is 3. The minimum Gasteiger partial charge on any atom is -0.497 e. The van der Waals surface area contributed by atoms with Crippen LogP contribution in [0, 0.1) is 0 Å². The molecular formula is C13H12BrN3OS. The molecule has 0 aliphatic carbocycles. The molecule has 2 N–H and O–H groups in total. The molecule has 0 atom stereocenters. The van der Waals surface area contributed by atoms with Gasteiger partial charge in [0.15, 0.2) is 5.11 Å². The molecule has 0 bridgehead atoms. The predicted molar refractivity (Wildman–Crippen MR) is 84.8 cm³/mol. The molecule has 0 unspecified atom stereocenters. The zero-order valence-electron chi connectivity index (χ0n) is 10.2. The number of benzene rings is 1. The van der Waals surface area contributed by atoms with E-state index in [0.29, 0.717) is 10.9 Å². The smallest absolute Gasteiger partial charge is 0.176 e. The van der Waals surface area contributed by atoms with Crippen LogP contribution in [0.5, 0.6) is 5.75 Å². The number of halogens is 1. The van der Waals surface area contributed by atoms with E-state index in [4.69, 9.17) is 17.0 Å². The number of aromatic nitrogens is 1. The molecule has 0 radical (unpaired) electrons. The van der Waals surface area contributed by atoms with Crippen molar-refractivity contribution < 1.29 is 4.74 Å². The first-order valence-corrected chi connectivity index (χ1v) is 6.72. The standard InChI is InChI=1S/C13H12BrN3OS/c1-18-10-6-4-9(5-7-10)16-13(19)17-12-11(14)3-2-8-15-12/h2-8H,1H3,(H2,15,16,17,19). The Morgan fingerprint density at radius 3 is 2.58 bits per heavy atom. The SMILES string of the molecule is COc1ccc(NC(=S)Nc2ncccc2Br)cc1. The quantitative estimate of drug-likeness (QED) is 0.837. The lowest BCUT2D eigenvalue weighted by Crippen LogP contribution is -2.19. The Kier molecular flexibility index (Phi) is 4.70. The van der Waals surface area contributed by atoms with Crippen molar-refractivity contribution in [3.63, 3.8) is 0 Å². The molecule has 2 rings (SSSR count). The number of nitrogens with one attached hydrogen (secondary N) is 2. The first kappa shape index (κ1) is 13.8. The lowest BCUT2D eigenvalue weighted by molar-refractivity contribution is 0.415. The third-order valence-corrected chi connectivity index (χ3v) is 3.18. The molecule has 19 heavy (non-hydrogen) atoms. The minimum atomic E-state index is 0.476. The summed E-state index contributed by atoms with van der Waals surface area (Å²) in [7, 11) is 1.63. The monoisotopic (exact) mass is 337 g/mol. The predicted octanol–water partition coefficient (Wildman–Crippen LogP) is 3.66. The fourth-order valence-electron chi connectivity index (χ4n) is 1.42. The van der Waals surface area contributed by atoms with E-state index in [-0.39, 0.29) is 0 Å². The average molecular weight is 338 g/mol. The van der Waals surface area contributed by atoms with Crippen LogP contribution in [0.1, 0.15) is 0 Å². The Balaban J connectivity index is 1.99. The number of ether oxygens (including phenoxy) is 1. The molecule has 1 aromatic carbocycles. The summed E-state index contributed by atoms with van der Waals surface area (Å²) in [6.45, 7) is 0. The van der Waals surface area contributed by atoms with E-state index in [9.17, 15) is 0 Å². The zero-order chi connectivity index (χ0) is 13.7. The number of anilines is 2. The summed E-state index contributed by atoms with van der Waals surface area (Å²) in [5.74, 6) is 1.48. The molecule has 0 fully saturated rings. The lowest BCUT2D eigenvalue weighted by Gasteiger charge is -2.11. The summed E-state index contributed by atoms with van der Waals surface area (Å²) in [6.07, 6.45) is 1.70. The molecule has 0 aliphatic rings. The van der Waals surface area contributed by atoms with E-state index >= 15 is 0 Å². The highest BCUT2D eigenvalue weighted by molar-refractivity contribution is 9.10. The van der Waals surface area contributed by atoms with Crippen LogP contribution in [0.4, 0.5) is 11.5 Å². The summed E-state index contributed by atoms with van der Waals surface area (Å²) >= 11 is 8.62. The number of thiocarbonyl (C=S) groups is 1. The number of rotatable bonds is 3. The van der Waals surface area contributed by atoms with Crippen LogP contribution in [0.15, 0.2) is 47.1 Å². The molecule has 1 aromatic heterocycles. The van der Waals surface area contributed by atoms with Crippen LogP contribution in [0.25, 0.3) is 0 Å². The highest BCUT2D eigenvalue weighted by Crippen LogP contribution is 2.19. The van der Waals surface area contributed by atoms with Crippen molar-refractivity contribution in [3.05, 3.63) is 47.1 Å². The van der Waals surface area contributed by atoms with Gasteiger partial charge in [-0.25, -0.2) is 4.98 Å². The molecule has 0 saturated carbocycles. The van der Waals surface area contributed by atoms with Crippen molar-refractivity contribution >= 4 is 44.8 Å². The van der Waals surface area contributed by atoms with Gasteiger partial charge in [-0.2, -0.15) is 0 Å².